The third kappa shape index (κ3) is 1.88. The van der Waals surface area contributed by atoms with Crippen molar-refractivity contribution in [1.29, 1.82) is 0 Å². The van der Waals surface area contributed by atoms with Crippen molar-refractivity contribution < 1.29 is 14.6 Å². The number of carboxylic acid groups (broad SMARTS) is 1. The zero-order valence-corrected chi connectivity index (χ0v) is 7.54. The second-order valence-electron chi connectivity index (χ2n) is 3.65. The minimum Gasteiger partial charge on any atom is -0.465 e. The van der Waals surface area contributed by atoms with Crippen LogP contribution in [0.5, 0.6) is 0 Å². The largest absolute Gasteiger partial charge is 0.465 e. The molecule has 70 valence electrons. The first kappa shape index (κ1) is 9.32. The normalized spacial score (nSPS) is 23.3. The molecule has 1 rings (SSSR count). The molecule has 0 aromatic rings. The zero-order chi connectivity index (χ0) is 9.19. The number of amides is 1. The van der Waals surface area contributed by atoms with Gasteiger partial charge in [0, 0.05) is 13.2 Å². The Hall–Kier alpha value is -0.770. The third-order valence-electron chi connectivity index (χ3n) is 2.09. The van der Waals surface area contributed by atoms with Crippen molar-refractivity contribution in [3.63, 3.8) is 0 Å². The lowest BCUT2D eigenvalue weighted by Gasteiger charge is -2.33. The average Bonchev–Trinajstić information content (AvgIpc) is 2.09. The van der Waals surface area contributed by atoms with Gasteiger partial charge >= 0.3 is 6.09 Å². The van der Waals surface area contributed by atoms with Crippen LogP contribution in [0.2, 0.25) is 0 Å². The molecule has 0 aliphatic carbocycles. The molecule has 0 unspecified atom stereocenters. The number of rotatable bonds is 0. The van der Waals surface area contributed by atoms with Gasteiger partial charge in [-0.1, -0.05) is 0 Å². The number of hydrogen-bond acceptors (Lipinski definition) is 2. The van der Waals surface area contributed by atoms with Gasteiger partial charge in [-0.25, -0.2) is 4.79 Å². The Morgan fingerprint density at radius 3 is 2.83 bits per heavy atom. The van der Waals surface area contributed by atoms with Gasteiger partial charge < -0.3 is 14.7 Å². The Kier molecular flexibility index (Phi) is 2.57. The molecule has 0 spiro atoms. The van der Waals surface area contributed by atoms with E-state index in [2.05, 4.69) is 0 Å². The first-order valence-corrected chi connectivity index (χ1v) is 4.12. The molecule has 1 saturated heterocycles. The topological polar surface area (TPSA) is 49.8 Å². The molecule has 4 nitrogen and oxygen atoms in total. The lowest BCUT2D eigenvalue weighted by atomic mass is 10.1. The molecule has 0 atom stereocenters. The highest BCUT2D eigenvalue weighted by Crippen LogP contribution is 2.18. The second-order valence-corrected chi connectivity index (χ2v) is 3.65. The van der Waals surface area contributed by atoms with Crippen LogP contribution in [0.3, 0.4) is 0 Å². The minimum atomic E-state index is -0.856. The van der Waals surface area contributed by atoms with Crippen LogP contribution >= 0.6 is 0 Å². The maximum atomic E-state index is 10.8. The van der Waals surface area contributed by atoms with Crippen LogP contribution in [0.15, 0.2) is 0 Å². The van der Waals surface area contributed by atoms with Gasteiger partial charge in [-0.2, -0.15) is 0 Å². The Balaban J connectivity index is 2.71. The molecule has 1 fully saturated rings. The molecule has 1 heterocycles. The van der Waals surface area contributed by atoms with E-state index < -0.39 is 6.09 Å². The molecule has 0 aromatic heterocycles. The fourth-order valence-corrected chi connectivity index (χ4v) is 1.38. The Labute approximate surface area is 72.1 Å². The van der Waals surface area contributed by atoms with Crippen LogP contribution in [0, 0.1) is 0 Å². The lowest BCUT2D eigenvalue weighted by Crippen LogP contribution is -2.49. The molecule has 0 radical (unpaired) electrons. The maximum absolute atomic E-state index is 10.8. The van der Waals surface area contributed by atoms with E-state index in [-0.39, 0.29) is 5.54 Å². The highest BCUT2D eigenvalue weighted by Gasteiger charge is 2.32. The zero-order valence-electron chi connectivity index (χ0n) is 7.54. The summed E-state index contributed by atoms with van der Waals surface area (Å²) in [4.78, 5) is 12.2. The first-order valence-electron chi connectivity index (χ1n) is 4.12. The SMILES string of the molecule is CC1(C)COCCCN1C(=O)O. The van der Waals surface area contributed by atoms with Crippen LogP contribution < -0.4 is 0 Å². The second kappa shape index (κ2) is 3.31. The van der Waals surface area contributed by atoms with Crippen molar-refractivity contribution in [3.05, 3.63) is 0 Å². The van der Waals surface area contributed by atoms with Crippen LogP contribution in [0.4, 0.5) is 4.79 Å². The summed E-state index contributed by atoms with van der Waals surface area (Å²) in [5, 5.41) is 8.87. The highest BCUT2D eigenvalue weighted by molar-refractivity contribution is 5.66. The van der Waals surface area contributed by atoms with Gasteiger partial charge in [-0.3, -0.25) is 0 Å². The minimum absolute atomic E-state index is 0.387. The molecule has 12 heavy (non-hydrogen) atoms. The Bertz CT molecular complexity index is 179. The van der Waals surface area contributed by atoms with Crippen LogP contribution in [-0.2, 0) is 4.74 Å². The molecule has 0 bridgehead atoms. The highest BCUT2D eigenvalue weighted by atomic mass is 16.5. The van der Waals surface area contributed by atoms with Crippen molar-refractivity contribution >= 4 is 6.09 Å². The molecule has 1 amide bonds. The quantitative estimate of drug-likeness (QED) is 0.598. The third-order valence-corrected chi connectivity index (χ3v) is 2.09. The molecule has 1 aliphatic rings. The predicted octanol–water partition coefficient (Wildman–Crippen LogP) is 1.17. The van der Waals surface area contributed by atoms with Crippen LogP contribution in [0.25, 0.3) is 0 Å². The smallest absolute Gasteiger partial charge is 0.407 e. The predicted molar refractivity (Wildman–Crippen MR) is 44.2 cm³/mol. The van der Waals surface area contributed by atoms with Crippen molar-refractivity contribution in [2.75, 3.05) is 19.8 Å². The summed E-state index contributed by atoms with van der Waals surface area (Å²) in [6, 6.07) is 0. The standard InChI is InChI=1S/C8H15NO3/c1-8(2)6-12-5-3-4-9(8)7(10)11/h3-6H2,1-2H3,(H,10,11). The average molecular weight is 173 g/mol. The van der Waals surface area contributed by atoms with Crippen molar-refractivity contribution in [3.8, 4) is 0 Å². The summed E-state index contributed by atoms with van der Waals surface area (Å²) < 4.78 is 5.29. The van der Waals surface area contributed by atoms with E-state index >= 15 is 0 Å². The van der Waals surface area contributed by atoms with E-state index in [0.717, 1.165) is 6.42 Å². The van der Waals surface area contributed by atoms with Gasteiger partial charge in [0.1, 0.15) is 0 Å². The molecule has 0 aromatic carbocycles. The molecule has 1 N–H and O–H groups in total. The van der Waals surface area contributed by atoms with E-state index in [1.807, 2.05) is 13.8 Å². The Morgan fingerprint density at radius 2 is 2.25 bits per heavy atom. The summed E-state index contributed by atoms with van der Waals surface area (Å²) >= 11 is 0. The molecule has 0 saturated carbocycles. The number of ether oxygens (including phenoxy) is 1. The number of hydrogen-bond donors (Lipinski definition) is 1. The van der Waals surface area contributed by atoms with Crippen molar-refractivity contribution in [2.45, 2.75) is 25.8 Å². The molecule has 4 heteroatoms. The molecular weight excluding hydrogens is 158 g/mol. The Morgan fingerprint density at radius 1 is 1.58 bits per heavy atom. The number of nitrogens with zero attached hydrogens (tertiary/aromatic N) is 1. The summed E-state index contributed by atoms with van der Waals surface area (Å²) in [7, 11) is 0. The van der Waals surface area contributed by atoms with E-state index in [1.54, 1.807) is 0 Å². The van der Waals surface area contributed by atoms with Gasteiger partial charge in [0.25, 0.3) is 0 Å². The number of carbonyl (C=O) groups is 1. The molecular formula is C8H15NO3. The summed E-state index contributed by atoms with van der Waals surface area (Å²) in [5.41, 5.74) is -0.387. The van der Waals surface area contributed by atoms with E-state index in [1.165, 1.54) is 4.90 Å². The van der Waals surface area contributed by atoms with E-state index in [4.69, 9.17) is 9.84 Å². The van der Waals surface area contributed by atoms with Gasteiger partial charge in [0.2, 0.25) is 0 Å². The van der Waals surface area contributed by atoms with Gasteiger partial charge in [0.15, 0.2) is 0 Å². The summed E-state index contributed by atoms with van der Waals surface area (Å²) in [6.45, 7) is 5.48. The lowest BCUT2D eigenvalue weighted by molar-refractivity contribution is 0.0492. The molecule has 1 aliphatic heterocycles. The fourth-order valence-electron chi connectivity index (χ4n) is 1.38. The van der Waals surface area contributed by atoms with E-state index in [9.17, 15) is 4.79 Å². The van der Waals surface area contributed by atoms with Crippen LogP contribution in [-0.4, -0.2) is 41.4 Å². The van der Waals surface area contributed by atoms with Crippen molar-refractivity contribution in [2.24, 2.45) is 0 Å². The van der Waals surface area contributed by atoms with E-state index in [0.29, 0.717) is 19.8 Å². The van der Waals surface area contributed by atoms with Gasteiger partial charge in [-0.15, -0.1) is 0 Å². The summed E-state index contributed by atoms with van der Waals surface area (Å²) in [5.74, 6) is 0. The summed E-state index contributed by atoms with van der Waals surface area (Å²) in [6.07, 6.45) is -0.0686. The maximum Gasteiger partial charge on any atom is 0.407 e. The van der Waals surface area contributed by atoms with Gasteiger partial charge in [-0.05, 0) is 20.3 Å². The van der Waals surface area contributed by atoms with Crippen molar-refractivity contribution in [1.82, 2.24) is 4.90 Å². The van der Waals surface area contributed by atoms with Crippen LogP contribution in [0.1, 0.15) is 20.3 Å². The van der Waals surface area contributed by atoms with Gasteiger partial charge in [0.05, 0.1) is 12.1 Å². The first-order chi connectivity index (χ1) is 5.54. The fraction of sp³-hybridized carbons (Fsp3) is 0.875. The monoisotopic (exact) mass is 173 g/mol.